The summed E-state index contributed by atoms with van der Waals surface area (Å²) in [7, 11) is 0. The van der Waals surface area contributed by atoms with Gasteiger partial charge in [-0.2, -0.15) is 0 Å². The van der Waals surface area contributed by atoms with Gasteiger partial charge in [0, 0.05) is 0 Å². The van der Waals surface area contributed by atoms with Crippen LogP contribution in [-0.2, 0) is 6.42 Å². The number of nitrogens with two attached hydrogens (primary N) is 1. The van der Waals surface area contributed by atoms with Gasteiger partial charge < -0.3 is 10.8 Å². The standard InChI is InChI=1S/C9H13N3O3/c1-4(2)3-5-6(8(14)15)11-9(10)12-7(5)13/h4H,3H2,1-2H3,(H,14,15)(H3,10,11,12,13). The van der Waals surface area contributed by atoms with E-state index < -0.39 is 11.5 Å². The molecule has 0 saturated heterocycles. The zero-order chi connectivity index (χ0) is 11.6. The second-order valence-electron chi connectivity index (χ2n) is 3.68. The van der Waals surface area contributed by atoms with Crippen molar-refractivity contribution in [2.45, 2.75) is 20.3 Å². The Bertz CT molecular complexity index is 437. The maximum Gasteiger partial charge on any atom is 0.355 e. The third-order valence-electron chi connectivity index (χ3n) is 1.85. The highest BCUT2D eigenvalue weighted by Gasteiger charge is 2.17. The minimum atomic E-state index is -1.23. The van der Waals surface area contributed by atoms with Crippen molar-refractivity contribution in [2.75, 3.05) is 5.73 Å². The number of aromatic carboxylic acids is 1. The highest BCUT2D eigenvalue weighted by molar-refractivity contribution is 5.87. The number of aromatic nitrogens is 2. The predicted octanol–water partition coefficient (Wildman–Crippen LogP) is 0.249. The fourth-order valence-electron chi connectivity index (χ4n) is 1.29. The molecule has 1 rings (SSSR count). The van der Waals surface area contributed by atoms with Crippen LogP contribution >= 0.6 is 0 Å². The molecule has 0 unspecified atom stereocenters. The number of nitrogens with one attached hydrogen (secondary N) is 1. The van der Waals surface area contributed by atoms with E-state index in [9.17, 15) is 9.59 Å². The summed E-state index contributed by atoms with van der Waals surface area (Å²) in [5.41, 5.74) is 4.70. The first-order valence-electron chi connectivity index (χ1n) is 4.53. The molecule has 0 radical (unpaired) electrons. The number of carbonyl (C=O) groups is 1. The van der Waals surface area contributed by atoms with Crippen molar-refractivity contribution in [1.29, 1.82) is 0 Å². The van der Waals surface area contributed by atoms with E-state index in [0.29, 0.717) is 6.42 Å². The summed E-state index contributed by atoms with van der Waals surface area (Å²) in [4.78, 5) is 28.2. The van der Waals surface area contributed by atoms with Crippen LogP contribution in [0.5, 0.6) is 0 Å². The van der Waals surface area contributed by atoms with Crippen molar-refractivity contribution in [3.63, 3.8) is 0 Å². The fraction of sp³-hybridized carbons (Fsp3) is 0.444. The molecule has 1 heterocycles. The SMILES string of the molecule is CC(C)Cc1c(C(=O)O)nc(N)[nH]c1=O. The molecule has 0 aliphatic heterocycles. The van der Waals surface area contributed by atoms with Crippen molar-refractivity contribution in [3.8, 4) is 0 Å². The first-order valence-corrected chi connectivity index (χ1v) is 4.53. The molecule has 6 heteroatoms. The minimum Gasteiger partial charge on any atom is -0.476 e. The minimum absolute atomic E-state index is 0.173. The molecule has 0 aliphatic carbocycles. The number of nitrogen functional groups attached to an aromatic ring is 1. The number of carboxylic acids is 1. The summed E-state index contributed by atoms with van der Waals surface area (Å²) < 4.78 is 0. The molecule has 0 aromatic carbocycles. The summed E-state index contributed by atoms with van der Waals surface area (Å²) in [6.45, 7) is 3.78. The number of anilines is 1. The lowest BCUT2D eigenvalue weighted by Gasteiger charge is -2.07. The highest BCUT2D eigenvalue weighted by Crippen LogP contribution is 2.08. The third kappa shape index (κ3) is 2.55. The van der Waals surface area contributed by atoms with Gasteiger partial charge in [-0.3, -0.25) is 9.78 Å². The lowest BCUT2D eigenvalue weighted by molar-refractivity contribution is 0.0688. The first kappa shape index (κ1) is 11.2. The molecule has 1 aromatic rings. The highest BCUT2D eigenvalue weighted by atomic mass is 16.4. The molecule has 6 nitrogen and oxygen atoms in total. The maximum absolute atomic E-state index is 11.5. The molecule has 0 atom stereocenters. The zero-order valence-electron chi connectivity index (χ0n) is 8.57. The average molecular weight is 211 g/mol. The summed E-state index contributed by atoms with van der Waals surface area (Å²) in [5.74, 6) is -1.23. The van der Waals surface area contributed by atoms with E-state index in [2.05, 4.69) is 9.97 Å². The maximum atomic E-state index is 11.5. The number of nitrogens with zero attached hydrogens (tertiary/aromatic N) is 1. The summed E-state index contributed by atoms with van der Waals surface area (Å²) in [5, 5.41) is 8.86. The smallest absolute Gasteiger partial charge is 0.355 e. The molecule has 82 valence electrons. The van der Waals surface area contributed by atoms with Gasteiger partial charge in [0.1, 0.15) is 0 Å². The van der Waals surface area contributed by atoms with Gasteiger partial charge in [0.05, 0.1) is 5.56 Å². The second-order valence-corrected chi connectivity index (χ2v) is 3.68. The Morgan fingerprint density at radius 1 is 1.60 bits per heavy atom. The summed E-state index contributed by atoms with van der Waals surface area (Å²) >= 11 is 0. The number of hydrogen-bond acceptors (Lipinski definition) is 4. The summed E-state index contributed by atoms with van der Waals surface area (Å²) in [6, 6.07) is 0. The van der Waals surface area contributed by atoms with E-state index >= 15 is 0 Å². The van der Waals surface area contributed by atoms with Gasteiger partial charge in [-0.1, -0.05) is 13.8 Å². The Kier molecular flexibility index (Phi) is 3.08. The van der Waals surface area contributed by atoms with E-state index in [0.717, 1.165) is 0 Å². The monoisotopic (exact) mass is 211 g/mol. The Morgan fingerprint density at radius 3 is 2.67 bits per heavy atom. The molecule has 15 heavy (non-hydrogen) atoms. The van der Waals surface area contributed by atoms with Gasteiger partial charge in [0.15, 0.2) is 5.69 Å². The molecule has 0 aliphatic rings. The average Bonchev–Trinajstić information content (AvgIpc) is 2.08. The number of aromatic amines is 1. The van der Waals surface area contributed by atoms with E-state index in [1.54, 1.807) is 0 Å². The molecule has 4 N–H and O–H groups in total. The predicted molar refractivity (Wildman–Crippen MR) is 54.8 cm³/mol. The Hall–Kier alpha value is -1.85. The van der Waals surface area contributed by atoms with Gasteiger partial charge in [0.25, 0.3) is 5.56 Å². The van der Waals surface area contributed by atoms with Crippen molar-refractivity contribution in [1.82, 2.24) is 9.97 Å². The van der Waals surface area contributed by atoms with Crippen LogP contribution in [0, 0.1) is 5.92 Å². The number of rotatable bonds is 3. The van der Waals surface area contributed by atoms with Crippen LogP contribution < -0.4 is 11.3 Å². The Balaban J connectivity index is 3.34. The number of carboxylic acid groups (broad SMARTS) is 1. The van der Waals surface area contributed by atoms with Gasteiger partial charge in [-0.05, 0) is 12.3 Å². The Labute approximate surface area is 86.2 Å². The van der Waals surface area contributed by atoms with Crippen molar-refractivity contribution in [3.05, 3.63) is 21.6 Å². The molecular weight excluding hydrogens is 198 g/mol. The van der Waals surface area contributed by atoms with Crippen LogP contribution in [0.15, 0.2) is 4.79 Å². The number of hydrogen-bond donors (Lipinski definition) is 3. The van der Waals surface area contributed by atoms with Gasteiger partial charge in [-0.25, -0.2) is 9.78 Å². The Morgan fingerprint density at radius 2 is 2.20 bits per heavy atom. The van der Waals surface area contributed by atoms with Gasteiger partial charge in [0.2, 0.25) is 5.95 Å². The lowest BCUT2D eigenvalue weighted by atomic mass is 10.0. The van der Waals surface area contributed by atoms with E-state index in [1.807, 2.05) is 13.8 Å². The van der Waals surface area contributed by atoms with E-state index in [4.69, 9.17) is 10.8 Å². The third-order valence-corrected chi connectivity index (χ3v) is 1.85. The topological polar surface area (TPSA) is 109 Å². The van der Waals surface area contributed by atoms with Crippen LogP contribution in [0.1, 0.15) is 29.9 Å². The van der Waals surface area contributed by atoms with Gasteiger partial charge in [-0.15, -0.1) is 0 Å². The molecule has 0 saturated carbocycles. The van der Waals surface area contributed by atoms with Crippen LogP contribution in [0.4, 0.5) is 5.95 Å². The fourth-order valence-corrected chi connectivity index (χ4v) is 1.29. The second kappa shape index (κ2) is 4.12. The summed E-state index contributed by atoms with van der Waals surface area (Å²) in [6.07, 6.45) is 0.365. The molecule has 1 aromatic heterocycles. The van der Waals surface area contributed by atoms with Crippen molar-refractivity contribution < 1.29 is 9.90 Å². The van der Waals surface area contributed by atoms with Gasteiger partial charge >= 0.3 is 5.97 Å². The molecule has 0 fully saturated rings. The van der Waals surface area contributed by atoms with Crippen LogP contribution in [0.3, 0.4) is 0 Å². The van der Waals surface area contributed by atoms with Crippen molar-refractivity contribution in [2.24, 2.45) is 5.92 Å². The molecule has 0 bridgehead atoms. The molecule has 0 spiro atoms. The zero-order valence-corrected chi connectivity index (χ0v) is 8.57. The van der Waals surface area contributed by atoms with Crippen LogP contribution in [0.25, 0.3) is 0 Å². The van der Waals surface area contributed by atoms with E-state index in [1.165, 1.54) is 0 Å². The van der Waals surface area contributed by atoms with Crippen LogP contribution in [-0.4, -0.2) is 21.0 Å². The molecular formula is C9H13N3O3. The largest absolute Gasteiger partial charge is 0.476 e. The quantitative estimate of drug-likeness (QED) is 0.663. The van der Waals surface area contributed by atoms with Crippen LogP contribution in [0.2, 0.25) is 0 Å². The normalized spacial score (nSPS) is 10.6. The first-order chi connectivity index (χ1) is 6.91. The molecule has 0 amide bonds. The number of H-pyrrole nitrogens is 1. The van der Waals surface area contributed by atoms with E-state index in [-0.39, 0.29) is 23.1 Å². The van der Waals surface area contributed by atoms with Crippen molar-refractivity contribution >= 4 is 11.9 Å². The lowest BCUT2D eigenvalue weighted by Crippen LogP contribution is -2.23.